The van der Waals surface area contributed by atoms with E-state index in [9.17, 15) is 0 Å². The minimum atomic E-state index is -1.77. The molecule has 0 aromatic heterocycles. The van der Waals surface area contributed by atoms with Crippen LogP contribution in [0.1, 0.15) is 35.0 Å². The van der Waals surface area contributed by atoms with Crippen molar-refractivity contribution in [2.24, 2.45) is 0 Å². The van der Waals surface area contributed by atoms with Gasteiger partial charge in [0.1, 0.15) is 0 Å². The molecular weight excluding hydrogens is 454 g/mol. The summed E-state index contributed by atoms with van der Waals surface area (Å²) in [6.07, 6.45) is 3.71. The van der Waals surface area contributed by atoms with E-state index in [1.807, 2.05) is 3.28 Å². The Hall–Kier alpha value is -0.400. The first-order chi connectivity index (χ1) is 11.6. The standard InChI is InChI=1S/C13H9.C7H9.C2H6Si.2ClH.Zr/c1-3-7-12-10(5-1)9-11-6-2-4-8-13(11)12;1-6-4-3-5-7(6)2;1-3-2;;;/h1-9H;4H,3H2,1-2H3;1-2H3;2*1H;. The quantitative estimate of drug-likeness (QED) is 0.403. The van der Waals surface area contributed by atoms with Crippen LogP contribution in [0.5, 0.6) is 0 Å². The van der Waals surface area contributed by atoms with Crippen molar-refractivity contribution in [2.45, 2.75) is 37.0 Å². The maximum absolute atomic E-state index is 2.58. The first-order valence-electron chi connectivity index (χ1n) is 8.82. The molecule has 0 N–H and O–H groups in total. The molecule has 26 heavy (non-hydrogen) atoms. The van der Waals surface area contributed by atoms with Gasteiger partial charge in [-0.05, 0) is 0 Å². The number of halogens is 2. The molecule has 136 valence electrons. The van der Waals surface area contributed by atoms with Crippen LogP contribution in [-0.4, -0.2) is 5.43 Å². The molecule has 0 amide bonds. The van der Waals surface area contributed by atoms with Gasteiger partial charge in [0.05, 0.1) is 0 Å². The molecule has 2 aliphatic rings. The van der Waals surface area contributed by atoms with Crippen molar-refractivity contribution in [3.8, 4) is 11.1 Å². The topological polar surface area (TPSA) is 0 Å². The molecule has 0 saturated heterocycles. The fourth-order valence-corrected chi connectivity index (χ4v) is 23.7. The number of benzene rings is 2. The molecule has 0 spiro atoms. The van der Waals surface area contributed by atoms with Crippen LogP contribution in [0.4, 0.5) is 0 Å². The third kappa shape index (κ3) is 3.51. The summed E-state index contributed by atoms with van der Waals surface area (Å²) in [5.74, 6) is 0. The Morgan fingerprint density at radius 1 is 0.846 bits per heavy atom. The molecule has 0 heterocycles. The van der Waals surface area contributed by atoms with E-state index in [4.69, 9.17) is 0 Å². The molecule has 0 nitrogen and oxygen atoms in total. The molecule has 0 fully saturated rings. The van der Waals surface area contributed by atoms with Crippen LogP contribution in [0.25, 0.3) is 11.1 Å². The van der Waals surface area contributed by atoms with Crippen molar-refractivity contribution in [3.63, 3.8) is 0 Å². The Kier molecular flexibility index (Phi) is 7.36. The van der Waals surface area contributed by atoms with Gasteiger partial charge in [-0.2, -0.15) is 0 Å². The van der Waals surface area contributed by atoms with Gasteiger partial charge in [-0.3, -0.25) is 0 Å². The van der Waals surface area contributed by atoms with E-state index >= 15 is 0 Å². The largest absolute Gasteiger partial charge is 0.147 e. The summed E-state index contributed by atoms with van der Waals surface area (Å²) in [5, 5.41) is 0. The van der Waals surface area contributed by atoms with Gasteiger partial charge in [-0.15, -0.1) is 24.8 Å². The Labute approximate surface area is 177 Å². The molecule has 2 aromatic carbocycles. The molecular formula is C22H26Cl2SiZr. The number of fused-ring (bicyclic) bond motifs is 3. The zero-order valence-corrected chi connectivity index (χ0v) is 20.9. The van der Waals surface area contributed by atoms with Crippen LogP contribution in [0.2, 0.25) is 13.1 Å². The maximum atomic E-state index is 2.58. The monoisotopic (exact) mass is 478 g/mol. The normalized spacial score (nSPS) is 14.8. The Balaban J connectivity index is 0.00000121. The van der Waals surface area contributed by atoms with Crippen molar-refractivity contribution < 1.29 is 20.4 Å². The van der Waals surface area contributed by atoms with Gasteiger partial charge in [0, 0.05) is 0 Å². The minimum absolute atomic E-state index is 0. The van der Waals surface area contributed by atoms with Crippen LogP contribution < -0.4 is 0 Å². The number of allylic oxidation sites excluding steroid dienone is 4. The summed E-state index contributed by atoms with van der Waals surface area (Å²) in [4.78, 5) is 0. The molecule has 0 saturated carbocycles. The SMILES string of the molecule is CC1=CC[C]([Zr]([CH]2c3ccccc3-c3ccccc32)=[Si](C)C)=C1C.Cl.Cl. The van der Waals surface area contributed by atoms with Crippen molar-refractivity contribution in [2.75, 3.05) is 0 Å². The second kappa shape index (κ2) is 8.74. The van der Waals surface area contributed by atoms with Crippen molar-refractivity contribution in [3.05, 3.63) is 80.2 Å². The van der Waals surface area contributed by atoms with Crippen molar-refractivity contribution in [1.29, 1.82) is 0 Å². The number of hydrogen-bond donors (Lipinski definition) is 0. The third-order valence-electron chi connectivity index (χ3n) is 5.64. The molecule has 0 unspecified atom stereocenters. The van der Waals surface area contributed by atoms with Gasteiger partial charge in [-0.25, -0.2) is 0 Å². The first kappa shape index (κ1) is 21.9. The molecule has 2 aromatic rings. The Morgan fingerprint density at radius 2 is 1.35 bits per heavy atom. The second-order valence-electron chi connectivity index (χ2n) is 7.22. The third-order valence-corrected chi connectivity index (χ3v) is 24.1. The van der Waals surface area contributed by atoms with E-state index in [-0.39, 0.29) is 30.2 Å². The van der Waals surface area contributed by atoms with E-state index < -0.39 is 20.4 Å². The molecule has 4 rings (SSSR count). The summed E-state index contributed by atoms with van der Waals surface area (Å²) in [5.41, 5.74) is 9.16. The number of hydrogen-bond acceptors (Lipinski definition) is 0. The van der Waals surface area contributed by atoms with E-state index in [1.54, 1.807) is 16.7 Å². The molecule has 0 aliphatic heterocycles. The summed E-state index contributed by atoms with van der Waals surface area (Å²) < 4.78 is 2.62. The van der Waals surface area contributed by atoms with Gasteiger partial charge >= 0.3 is 154 Å². The van der Waals surface area contributed by atoms with E-state index in [0.29, 0.717) is 0 Å². The first-order valence-corrected chi connectivity index (χ1v) is 17.7. The second-order valence-corrected chi connectivity index (χ2v) is 24.7. The average molecular weight is 481 g/mol. The molecule has 0 bridgehead atoms. The minimum Gasteiger partial charge on any atom is -0.147 e. The average Bonchev–Trinajstić information content (AvgIpc) is 3.08. The zero-order valence-electron chi connectivity index (χ0n) is 15.8. The van der Waals surface area contributed by atoms with E-state index in [2.05, 4.69) is 81.5 Å². The van der Waals surface area contributed by atoms with Gasteiger partial charge in [0.15, 0.2) is 0 Å². The Bertz CT molecular complexity index is 891. The molecule has 2 aliphatic carbocycles. The summed E-state index contributed by atoms with van der Waals surface area (Å²) in [7, 11) is 0. The van der Waals surface area contributed by atoms with Crippen LogP contribution in [0, 0.1) is 0 Å². The van der Waals surface area contributed by atoms with Crippen LogP contribution in [-0.2, 0) is 20.4 Å². The smallest absolute Gasteiger partial charge is 0.147 e. The molecule has 0 radical (unpaired) electrons. The molecule has 0 atom stereocenters. The summed E-state index contributed by atoms with van der Waals surface area (Å²) in [6.45, 7) is 9.84. The molecule has 4 heteroatoms. The van der Waals surface area contributed by atoms with Crippen LogP contribution in [0.3, 0.4) is 0 Å². The van der Waals surface area contributed by atoms with Gasteiger partial charge in [-0.1, -0.05) is 0 Å². The maximum Gasteiger partial charge on any atom is -0.147 e. The number of rotatable bonds is 2. The van der Waals surface area contributed by atoms with Crippen molar-refractivity contribution in [1.82, 2.24) is 0 Å². The Morgan fingerprint density at radius 3 is 1.77 bits per heavy atom. The summed E-state index contributed by atoms with van der Waals surface area (Å²) in [6, 6.07) is 18.4. The summed E-state index contributed by atoms with van der Waals surface area (Å²) >= 11 is -1.77. The van der Waals surface area contributed by atoms with Gasteiger partial charge in [0.25, 0.3) is 0 Å². The fourth-order valence-electron chi connectivity index (χ4n) is 4.34. The van der Waals surface area contributed by atoms with Crippen LogP contribution >= 0.6 is 24.8 Å². The van der Waals surface area contributed by atoms with Gasteiger partial charge in [0.2, 0.25) is 0 Å². The van der Waals surface area contributed by atoms with E-state index in [1.165, 1.54) is 23.1 Å². The zero-order chi connectivity index (χ0) is 16.8. The van der Waals surface area contributed by atoms with Gasteiger partial charge < -0.3 is 0 Å². The fraction of sp³-hybridized carbons (Fsp3) is 0.273. The van der Waals surface area contributed by atoms with Crippen LogP contribution in [0.15, 0.2) is 69.0 Å². The predicted molar refractivity (Wildman–Crippen MR) is 117 cm³/mol. The van der Waals surface area contributed by atoms with Crippen molar-refractivity contribution >= 4 is 30.2 Å². The predicted octanol–water partition coefficient (Wildman–Crippen LogP) is 7.09. The van der Waals surface area contributed by atoms with E-state index in [0.717, 1.165) is 3.63 Å².